The smallest absolute Gasteiger partial charge is 0.475 e. The summed E-state index contributed by atoms with van der Waals surface area (Å²) in [6.07, 6.45) is -9.51. The Hall–Kier alpha value is -4.00. The first-order valence-corrected chi connectivity index (χ1v) is 12.1. The molecule has 0 aromatic carbocycles. The molecule has 1 atom stereocenters. The first-order chi connectivity index (χ1) is 19.4. The molecule has 0 radical (unpaired) electrons. The number of carboxylic acids is 2. The molecule has 2 aliphatic heterocycles. The lowest BCUT2D eigenvalue weighted by Gasteiger charge is -2.29. The number of carbonyl (C=O) groups is 3. The van der Waals surface area contributed by atoms with Crippen LogP contribution in [0.1, 0.15) is 33.5 Å². The van der Waals surface area contributed by atoms with E-state index < -0.39 is 24.3 Å². The number of likely N-dealkylation sites (N-methyl/N-ethyl adjacent to an activating group) is 1. The van der Waals surface area contributed by atoms with Crippen LogP contribution in [0.2, 0.25) is 0 Å². The van der Waals surface area contributed by atoms with Gasteiger partial charge in [-0.1, -0.05) is 0 Å². The summed E-state index contributed by atoms with van der Waals surface area (Å²) in [4.78, 5) is 48.0. The van der Waals surface area contributed by atoms with E-state index in [4.69, 9.17) is 29.0 Å². The Morgan fingerprint density at radius 1 is 1.00 bits per heavy atom. The third kappa shape index (κ3) is 10.8. The summed E-state index contributed by atoms with van der Waals surface area (Å²) in [5.41, 5.74) is 2.64. The summed E-state index contributed by atoms with van der Waals surface area (Å²) in [6.45, 7) is 8.02. The Kier molecular flexibility index (Phi) is 11.6. The van der Waals surface area contributed by atoms with Gasteiger partial charge in [-0.3, -0.25) is 4.79 Å². The Balaban J connectivity index is 0.000000367. The van der Waals surface area contributed by atoms with Crippen LogP contribution in [0.25, 0.3) is 0 Å². The third-order valence-corrected chi connectivity index (χ3v) is 5.49. The molecule has 2 aliphatic rings. The number of rotatable bonds is 4. The minimum absolute atomic E-state index is 0.00973. The maximum absolute atomic E-state index is 12.5. The lowest BCUT2D eigenvalue weighted by atomic mass is 10.2. The summed E-state index contributed by atoms with van der Waals surface area (Å²) in [6, 6.07) is 1.95. The van der Waals surface area contributed by atoms with Gasteiger partial charge in [0.1, 0.15) is 11.5 Å². The molecule has 1 saturated heterocycles. The number of halogens is 6. The topological polar surface area (TPSA) is 171 Å². The molecule has 0 bridgehead atoms. The van der Waals surface area contributed by atoms with Crippen molar-refractivity contribution < 1.29 is 60.1 Å². The van der Waals surface area contributed by atoms with Crippen LogP contribution in [0.5, 0.6) is 0 Å². The Bertz CT molecular complexity index is 1210. The number of aliphatic carboxylic acids is 2. The zero-order valence-electron chi connectivity index (χ0n) is 22.5. The quantitative estimate of drug-likeness (QED) is 0.429. The molecule has 4 heterocycles. The van der Waals surface area contributed by atoms with Gasteiger partial charge in [-0.25, -0.2) is 24.5 Å². The van der Waals surface area contributed by atoms with Crippen molar-refractivity contribution in [2.75, 3.05) is 44.7 Å². The second-order valence-corrected chi connectivity index (χ2v) is 9.08. The van der Waals surface area contributed by atoms with Crippen molar-refractivity contribution >= 4 is 23.8 Å². The van der Waals surface area contributed by atoms with Gasteiger partial charge >= 0.3 is 30.2 Å². The number of morpholine rings is 1. The third-order valence-electron chi connectivity index (χ3n) is 5.49. The molecule has 0 spiro atoms. The molecular formula is C23H28F6N6O7. The zero-order valence-corrected chi connectivity index (χ0v) is 22.5. The van der Waals surface area contributed by atoms with Crippen molar-refractivity contribution in [1.82, 2.24) is 25.2 Å². The monoisotopic (exact) mass is 614 g/mol. The number of nitrogens with one attached hydrogen (secondary N) is 1. The first-order valence-electron chi connectivity index (χ1n) is 12.1. The number of carbonyl (C=O) groups excluding carboxylic acids is 1. The molecule has 13 nitrogen and oxygen atoms in total. The number of aryl methyl sites for hydroxylation is 2. The number of oxazole rings is 1. The number of alkyl halides is 6. The number of fused-ring (bicyclic) bond motifs is 1. The van der Waals surface area contributed by atoms with Crippen LogP contribution in [0.4, 0.5) is 32.3 Å². The largest absolute Gasteiger partial charge is 0.490 e. The van der Waals surface area contributed by atoms with Crippen LogP contribution in [0, 0.1) is 13.8 Å². The average Bonchev–Trinajstić information content (AvgIpc) is 3.30. The fraction of sp³-hybridized carbons (Fsp3) is 0.565. The normalized spacial score (nSPS) is 17.2. The van der Waals surface area contributed by atoms with Crippen LogP contribution < -0.4 is 10.2 Å². The molecule has 2 aromatic heterocycles. The van der Waals surface area contributed by atoms with Gasteiger partial charge < -0.3 is 34.5 Å². The van der Waals surface area contributed by atoms with E-state index in [2.05, 4.69) is 30.1 Å². The Labute approximate surface area is 234 Å². The van der Waals surface area contributed by atoms with E-state index in [0.717, 1.165) is 42.5 Å². The Morgan fingerprint density at radius 3 is 2.05 bits per heavy atom. The fourth-order valence-electron chi connectivity index (χ4n) is 3.59. The highest BCUT2D eigenvalue weighted by atomic mass is 19.4. The van der Waals surface area contributed by atoms with Crippen molar-refractivity contribution in [3.8, 4) is 0 Å². The molecule has 42 heavy (non-hydrogen) atoms. The summed E-state index contributed by atoms with van der Waals surface area (Å²) in [5.74, 6) is -4.26. The second kappa shape index (κ2) is 14.3. The maximum atomic E-state index is 12.5. The predicted molar refractivity (Wildman–Crippen MR) is 130 cm³/mol. The summed E-state index contributed by atoms with van der Waals surface area (Å²) >= 11 is 0. The van der Waals surface area contributed by atoms with E-state index in [0.29, 0.717) is 32.1 Å². The van der Waals surface area contributed by atoms with Gasteiger partial charge in [-0.2, -0.15) is 26.3 Å². The molecule has 1 amide bonds. The molecule has 0 aliphatic carbocycles. The fourth-order valence-corrected chi connectivity index (χ4v) is 3.59. The number of ether oxygens (including phenoxy) is 1. The standard InChI is InChI=1S/C19H26N6O3.2C2HF3O2/c1-12-8-13(2)22-19(21-12)25-5-4-16-15(11-25)23-18(28-16)17(26)20-9-14-10-24(3)6-7-27-14;2*3-2(4,5)1(6)7/h8,14H,4-7,9-11H2,1-3H3,(H,20,26);2*(H,6,7). The van der Waals surface area contributed by atoms with Crippen LogP contribution >= 0.6 is 0 Å². The van der Waals surface area contributed by atoms with Gasteiger partial charge in [-0.15, -0.1) is 0 Å². The van der Waals surface area contributed by atoms with Gasteiger partial charge in [0.05, 0.1) is 19.3 Å². The molecule has 19 heteroatoms. The molecule has 0 saturated carbocycles. The van der Waals surface area contributed by atoms with Crippen molar-refractivity contribution in [1.29, 1.82) is 0 Å². The van der Waals surface area contributed by atoms with E-state index in [1.54, 1.807) is 0 Å². The molecular weight excluding hydrogens is 586 g/mol. The number of amides is 1. The van der Waals surface area contributed by atoms with Crippen LogP contribution in [-0.2, 0) is 27.3 Å². The SMILES string of the molecule is Cc1cc(C)nc(N2CCc3oc(C(=O)NCC4CN(C)CCO4)nc3C2)n1.O=C(O)C(F)(F)F.O=C(O)C(F)(F)F. The molecule has 3 N–H and O–H groups in total. The number of hydrogen-bond acceptors (Lipinski definition) is 10. The van der Waals surface area contributed by atoms with Gasteiger partial charge in [-0.05, 0) is 27.0 Å². The lowest BCUT2D eigenvalue weighted by Crippen LogP contribution is -2.46. The molecule has 4 rings (SSSR count). The first kappa shape index (κ1) is 34.2. The highest BCUT2D eigenvalue weighted by molar-refractivity contribution is 5.89. The molecule has 2 aromatic rings. The predicted octanol–water partition coefficient (Wildman–Crippen LogP) is 1.97. The van der Waals surface area contributed by atoms with E-state index in [1.165, 1.54) is 0 Å². The zero-order chi connectivity index (χ0) is 31.8. The van der Waals surface area contributed by atoms with E-state index in [-0.39, 0.29) is 17.9 Å². The number of aromatic nitrogens is 3. The van der Waals surface area contributed by atoms with Crippen molar-refractivity contribution in [3.05, 3.63) is 34.8 Å². The highest BCUT2D eigenvalue weighted by Crippen LogP contribution is 2.23. The summed E-state index contributed by atoms with van der Waals surface area (Å²) < 4.78 is 74.9. The van der Waals surface area contributed by atoms with Gasteiger partial charge in [0.2, 0.25) is 5.95 Å². The summed E-state index contributed by atoms with van der Waals surface area (Å²) in [7, 11) is 2.05. The van der Waals surface area contributed by atoms with E-state index in [9.17, 15) is 31.1 Å². The molecule has 1 unspecified atom stereocenters. The highest BCUT2D eigenvalue weighted by Gasteiger charge is 2.39. The molecule has 1 fully saturated rings. The number of carboxylic acid groups (broad SMARTS) is 2. The van der Waals surface area contributed by atoms with Crippen LogP contribution in [0.3, 0.4) is 0 Å². The maximum Gasteiger partial charge on any atom is 0.490 e. The number of anilines is 1. The Morgan fingerprint density at radius 2 is 1.55 bits per heavy atom. The van der Waals surface area contributed by atoms with Crippen LogP contribution in [0.15, 0.2) is 10.5 Å². The van der Waals surface area contributed by atoms with E-state index in [1.807, 2.05) is 27.0 Å². The van der Waals surface area contributed by atoms with Crippen molar-refractivity contribution in [2.45, 2.75) is 45.3 Å². The van der Waals surface area contributed by atoms with Gasteiger partial charge in [0.15, 0.2) is 0 Å². The average molecular weight is 615 g/mol. The molecule has 234 valence electrons. The minimum Gasteiger partial charge on any atom is -0.475 e. The van der Waals surface area contributed by atoms with Crippen molar-refractivity contribution in [2.24, 2.45) is 0 Å². The minimum atomic E-state index is -5.08. The summed E-state index contributed by atoms with van der Waals surface area (Å²) in [5, 5.41) is 17.1. The van der Waals surface area contributed by atoms with Gasteiger partial charge in [0, 0.05) is 44.0 Å². The number of hydrogen-bond donors (Lipinski definition) is 3. The number of nitrogens with zero attached hydrogens (tertiary/aromatic N) is 5. The second-order valence-electron chi connectivity index (χ2n) is 9.08. The van der Waals surface area contributed by atoms with Gasteiger partial charge in [0.25, 0.3) is 5.89 Å². The van der Waals surface area contributed by atoms with Crippen molar-refractivity contribution in [3.63, 3.8) is 0 Å². The van der Waals surface area contributed by atoms with E-state index >= 15 is 0 Å². The lowest BCUT2D eigenvalue weighted by molar-refractivity contribution is -0.193. The van der Waals surface area contributed by atoms with Crippen LogP contribution in [-0.4, -0.2) is 106 Å².